The van der Waals surface area contributed by atoms with E-state index in [-0.39, 0.29) is 11.8 Å². The summed E-state index contributed by atoms with van der Waals surface area (Å²) in [6.07, 6.45) is -1.24. The summed E-state index contributed by atoms with van der Waals surface area (Å²) >= 11 is 0. The SMILES string of the molecule is CCCC[C@@H](C)Nc1cc(OC)c(Oc2cccc(C(F)(F)F)c2)c2c(C)cc(C)nc12. The smallest absolute Gasteiger partial charge is 0.416 e. The molecule has 1 heterocycles. The second kappa shape index (κ2) is 9.67. The Morgan fingerprint density at radius 1 is 1.12 bits per heavy atom. The van der Waals surface area contributed by atoms with Gasteiger partial charge in [-0.3, -0.25) is 4.98 Å². The predicted molar refractivity (Wildman–Crippen MR) is 122 cm³/mol. The Bertz CT molecular complexity index is 1100. The highest BCUT2D eigenvalue weighted by molar-refractivity contribution is 5.99. The maximum absolute atomic E-state index is 13.2. The van der Waals surface area contributed by atoms with Crippen LogP contribution in [0.2, 0.25) is 0 Å². The summed E-state index contributed by atoms with van der Waals surface area (Å²) in [6, 6.07) is 8.78. The minimum Gasteiger partial charge on any atom is -0.493 e. The zero-order valence-corrected chi connectivity index (χ0v) is 19.1. The molecule has 3 rings (SSSR count). The summed E-state index contributed by atoms with van der Waals surface area (Å²) in [7, 11) is 1.52. The number of rotatable bonds is 8. The second-order valence-corrected chi connectivity index (χ2v) is 8.07. The number of hydrogen-bond acceptors (Lipinski definition) is 4. The summed E-state index contributed by atoms with van der Waals surface area (Å²) in [5.74, 6) is 0.851. The van der Waals surface area contributed by atoms with Gasteiger partial charge in [-0.1, -0.05) is 25.8 Å². The minimum absolute atomic E-state index is 0.0800. The molecule has 4 nitrogen and oxygen atoms in total. The zero-order chi connectivity index (χ0) is 23.5. The van der Waals surface area contributed by atoms with Crippen molar-refractivity contribution in [2.45, 2.75) is 59.2 Å². The fourth-order valence-corrected chi connectivity index (χ4v) is 3.77. The quantitative estimate of drug-likeness (QED) is 0.386. The molecule has 7 heteroatoms. The van der Waals surface area contributed by atoms with E-state index in [1.54, 1.807) is 6.07 Å². The summed E-state index contributed by atoms with van der Waals surface area (Å²) in [4.78, 5) is 4.73. The molecule has 3 aromatic rings. The maximum Gasteiger partial charge on any atom is 0.416 e. The molecule has 0 spiro atoms. The van der Waals surface area contributed by atoms with Crippen LogP contribution in [-0.2, 0) is 6.18 Å². The van der Waals surface area contributed by atoms with Crippen LogP contribution in [0.3, 0.4) is 0 Å². The molecule has 172 valence electrons. The van der Waals surface area contributed by atoms with Crippen LogP contribution in [0.4, 0.5) is 18.9 Å². The molecule has 1 N–H and O–H groups in total. The van der Waals surface area contributed by atoms with Gasteiger partial charge in [-0.05, 0) is 57.0 Å². The van der Waals surface area contributed by atoms with Crippen LogP contribution >= 0.6 is 0 Å². The minimum atomic E-state index is -4.46. The maximum atomic E-state index is 13.2. The molecule has 0 aliphatic heterocycles. The van der Waals surface area contributed by atoms with Crippen molar-refractivity contribution in [3.8, 4) is 17.2 Å². The highest BCUT2D eigenvalue weighted by Crippen LogP contribution is 2.44. The van der Waals surface area contributed by atoms with E-state index in [4.69, 9.17) is 14.5 Å². The van der Waals surface area contributed by atoms with Crippen LogP contribution in [0.5, 0.6) is 17.2 Å². The third-order valence-corrected chi connectivity index (χ3v) is 5.32. The average Bonchev–Trinajstić information content (AvgIpc) is 2.73. The molecular weight excluding hydrogens is 417 g/mol. The summed E-state index contributed by atoms with van der Waals surface area (Å²) < 4.78 is 51.1. The topological polar surface area (TPSA) is 43.4 Å². The number of hydrogen-bond donors (Lipinski definition) is 1. The van der Waals surface area contributed by atoms with Crippen LogP contribution in [0.1, 0.15) is 49.9 Å². The number of aryl methyl sites for hydroxylation is 2. The fourth-order valence-electron chi connectivity index (χ4n) is 3.77. The molecule has 0 aliphatic carbocycles. The van der Waals surface area contributed by atoms with Crippen molar-refractivity contribution in [1.29, 1.82) is 0 Å². The molecule has 0 saturated heterocycles. The Morgan fingerprint density at radius 3 is 2.53 bits per heavy atom. The van der Waals surface area contributed by atoms with Gasteiger partial charge in [0.15, 0.2) is 11.5 Å². The number of aromatic nitrogens is 1. The number of pyridine rings is 1. The highest BCUT2D eigenvalue weighted by Gasteiger charge is 2.31. The van der Waals surface area contributed by atoms with E-state index in [1.165, 1.54) is 19.2 Å². The number of anilines is 1. The normalized spacial score (nSPS) is 12.6. The molecule has 2 aromatic carbocycles. The molecule has 0 bridgehead atoms. The number of fused-ring (bicyclic) bond motifs is 1. The predicted octanol–water partition coefficient (Wildman–Crippen LogP) is 7.66. The Kier molecular flexibility index (Phi) is 7.16. The van der Waals surface area contributed by atoms with Gasteiger partial charge in [-0.2, -0.15) is 13.2 Å². The number of methoxy groups -OCH3 is 1. The number of nitrogens with zero attached hydrogens (tertiary/aromatic N) is 1. The van der Waals surface area contributed by atoms with E-state index < -0.39 is 11.7 Å². The standard InChI is InChI=1S/C25H29F3N2O2/c1-6-7-9-16(3)29-20-14-21(31-5)24(22-15(2)12-17(4)30-23(20)22)32-19-11-8-10-18(13-19)25(26,27)28/h8,10-14,16,29H,6-7,9H2,1-5H3/t16-/m1/s1. The summed E-state index contributed by atoms with van der Waals surface area (Å²) in [6.45, 7) is 8.11. The molecule has 0 radical (unpaired) electrons. The van der Waals surface area contributed by atoms with Gasteiger partial charge in [0, 0.05) is 17.8 Å². The second-order valence-electron chi connectivity index (χ2n) is 8.07. The fraction of sp³-hybridized carbons (Fsp3) is 0.400. The van der Waals surface area contributed by atoms with Gasteiger partial charge in [0.1, 0.15) is 5.75 Å². The van der Waals surface area contributed by atoms with Gasteiger partial charge in [0.2, 0.25) is 0 Å². The first-order chi connectivity index (χ1) is 15.1. The molecule has 0 aliphatic rings. The Labute approximate surface area is 186 Å². The van der Waals surface area contributed by atoms with Crippen molar-refractivity contribution >= 4 is 16.6 Å². The van der Waals surface area contributed by atoms with E-state index in [9.17, 15) is 13.2 Å². The third kappa shape index (κ3) is 5.26. The summed E-state index contributed by atoms with van der Waals surface area (Å²) in [5.41, 5.74) is 2.48. The van der Waals surface area contributed by atoms with Crippen molar-refractivity contribution in [1.82, 2.24) is 4.98 Å². The van der Waals surface area contributed by atoms with E-state index in [2.05, 4.69) is 19.2 Å². The first-order valence-electron chi connectivity index (χ1n) is 10.7. The monoisotopic (exact) mass is 446 g/mol. The Hall–Kier alpha value is -2.96. The number of unbranched alkanes of at least 4 members (excludes halogenated alkanes) is 1. The lowest BCUT2D eigenvalue weighted by Gasteiger charge is -2.21. The Balaban J connectivity index is 2.14. The lowest BCUT2D eigenvalue weighted by molar-refractivity contribution is -0.137. The van der Waals surface area contributed by atoms with Crippen molar-refractivity contribution in [3.05, 3.63) is 53.2 Å². The zero-order valence-electron chi connectivity index (χ0n) is 19.1. The first-order valence-corrected chi connectivity index (χ1v) is 10.7. The third-order valence-electron chi connectivity index (χ3n) is 5.32. The highest BCUT2D eigenvalue weighted by atomic mass is 19.4. The molecule has 32 heavy (non-hydrogen) atoms. The number of ether oxygens (including phenoxy) is 2. The lowest BCUT2D eigenvalue weighted by atomic mass is 10.0. The average molecular weight is 447 g/mol. The van der Waals surface area contributed by atoms with Gasteiger partial charge < -0.3 is 14.8 Å². The molecule has 1 atom stereocenters. The first kappa shape index (κ1) is 23.7. The van der Waals surface area contributed by atoms with Crippen LogP contribution < -0.4 is 14.8 Å². The van der Waals surface area contributed by atoms with Gasteiger partial charge in [-0.15, -0.1) is 0 Å². The summed E-state index contributed by atoms with van der Waals surface area (Å²) in [5, 5.41) is 4.23. The van der Waals surface area contributed by atoms with Crippen LogP contribution in [0.25, 0.3) is 10.9 Å². The van der Waals surface area contributed by atoms with Crippen molar-refractivity contribution in [2.75, 3.05) is 12.4 Å². The Morgan fingerprint density at radius 2 is 1.88 bits per heavy atom. The van der Waals surface area contributed by atoms with E-state index in [1.807, 2.05) is 19.9 Å². The van der Waals surface area contributed by atoms with E-state index >= 15 is 0 Å². The van der Waals surface area contributed by atoms with Crippen molar-refractivity contribution < 1.29 is 22.6 Å². The number of halogens is 3. The number of nitrogens with one attached hydrogen (secondary N) is 1. The molecular formula is C25H29F3N2O2. The van der Waals surface area contributed by atoms with Gasteiger partial charge >= 0.3 is 6.18 Å². The number of alkyl halides is 3. The molecule has 1 aromatic heterocycles. The molecule has 0 unspecified atom stereocenters. The van der Waals surface area contributed by atoms with Crippen molar-refractivity contribution in [2.24, 2.45) is 0 Å². The van der Waals surface area contributed by atoms with Crippen LogP contribution in [0.15, 0.2) is 36.4 Å². The number of benzene rings is 2. The molecule has 0 saturated carbocycles. The molecule has 0 fully saturated rings. The van der Waals surface area contributed by atoms with Gasteiger partial charge in [0.25, 0.3) is 0 Å². The largest absolute Gasteiger partial charge is 0.493 e. The van der Waals surface area contributed by atoms with Gasteiger partial charge in [-0.25, -0.2) is 0 Å². The van der Waals surface area contributed by atoms with E-state index in [0.29, 0.717) is 22.4 Å². The van der Waals surface area contributed by atoms with E-state index in [0.717, 1.165) is 48.3 Å². The van der Waals surface area contributed by atoms with Gasteiger partial charge in [0.05, 0.1) is 29.3 Å². The lowest BCUT2D eigenvalue weighted by Crippen LogP contribution is -2.15. The van der Waals surface area contributed by atoms with Crippen LogP contribution in [0, 0.1) is 13.8 Å². The molecule has 0 amide bonds. The van der Waals surface area contributed by atoms with Crippen molar-refractivity contribution in [3.63, 3.8) is 0 Å². The van der Waals surface area contributed by atoms with Crippen LogP contribution in [-0.4, -0.2) is 18.1 Å².